The molecule has 2 N–H and O–H groups in total. The summed E-state index contributed by atoms with van der Waals surface area (Å²) in [5.74, 6) is 0.676. The van der Waals surface area contributed by atoms with Crippen molar-refractivity contribution in [2.24, 2.45) is 0 Å². The van der Waals surface area contributed by atoms with Gasteiger partial charge in [-0.2, -0.15) is 9.97 Å². The second-order valence-electron chi connectivity index (χ2n) is 13.4. The van der Waals surface area contributed by atoms with Crippen LogP contribution in [-0.4, -0.2) is 75.6 Å². The summed E-state index contributed by atoms with van der Waals surface area (Å²) in [5, 5.41) is 23.2. The van der Waals surface area contributed by atoms with E-state index in [4.69, 9.17) is 14.7 Å². The summed E-state index contributed by atoms with van der Waals surface area (Å²) in [7, 11) is 0. The van der Waals surface area contributed by atoms with Gasteiger partial charge in [0.15, 0.2) is 0 Å². The number of nitrogens with zero attached hydrogens (tertiary/aromatic N) is 5. The quantitative estimate of drug-likeness (QED) is 0.386. The van der Waals surface area contributed by atoms with Crippen LogP contribution in [0.15, 0.2) is 36.2 Å². The van der Waals surface area contributed by atoms with Gasteiger partial charge in [-0.3, -0.25) is 4.90 Å². The minimum absolute atomic E-state index is 0.133. The lowest BCUT2D eigenvalue weighted by atomic mass is 9.94. The Kier molecular flexibility index (Phi) is 7.40. The lowest BCUT2D eigenvalue weighted by Gasteiger charge is -2.40. The van der Waals surface area contributed by atoms with Gasteiger partial charge in [0.05, 0.1) is 29.7 Å². The summed E-state index contributed by atoms with van der Waals surface area (Å²) in [5.41, 5.74) is 2.99. The van der Waals surface area contributed by atoms with Gasteiger partial charge in [0.25, 0.3) is 0 Å². The van der Waals surface area contributed by atoms with E-state index < -0.39 is 5.60 Å². The highest BCUT2D eigenvalue weighted by Gasteiger charge is 2.47. The molecule has 4 aliphatic heterocycles. The van der Waals surface area contributed by atoms with E-state index in [1.165, 1.54) is 6.07 Å². The summed E-state index contributed by atoms with van der Waals surface area (Å²) in [6.45, 7) is 8.07. The maximum atomic E-state index is 15.0. The highest BCUT2D eigenvalue weighted by atomic mass is 19.1. The number of halogens is 2. The third kappa shape index (κ3) is 5.15. The average Bonchev–Trinajstić information content (AvgIpc) is 3.56. The van der Waals surface area contributed by atoms with Crippen LogP contribution >= 0.6 is 0 Å². The van der Waals surface area contributed by atoms with Crippen molar-refractivity contribution in [3.8, 4) is 11.8 Å². The number of aliphatic hydroxyl groups is 1. The van der Waals surface area contributed by atoms with Crippen molar-refractivity contribution in [3.63, 3.8) is 0 Å². The van der Waals surface area contributed by atoms with E-state index in [-0.39, 0.29) is 23.1 Å². The first-order chi connectivity index (χ1) is 21.2. The van der Waals surface area contributed by atoms with E-state index in [9.17, 15) is 19.0 Å². The molecule has 0 amide bonds. The summed E-state index contributed by atoms with van der Waals surface area (Å²) >= 11 is 0. The Balaban J connectivity index is 1.26. The fraction of sp³-hybridized carbons (Fsp3) is 0.529. The summed E-state index contributed by atoms with van der Waals surface area (Å²) in [6.07, 6.45) is 6.14. The molecule has 44 heavy (non-hydrogen) atoms. The van der Waals surface area contributed by atoms with Crippen LogP contribution < -0.4 is 14.5 Å². The van der Waals surface area contributed by atoms with Gasteiger partial charge in [0, 0.05) is 48.9 Å². The fourth-order valence-corrected chi connectivity index (χ4v) is 8.04. The minimum atomic E-state index is -0.818. The van der Waals surface area contributed by atoms with Crippen LogP contribution in [0.4, 0.5) is 20.3 Å². The fourth-order valence-electron chi connectivity index (χ4n) is 8.04. The number of phenols is 1. The second kappa shape index (κ2) is 11.1. The Hall–Kier alpha value is -3.50. The number of β-amino-alcohol motifs (C(OH)–C–C–N with tert-alkyl or cyclic N) is 1. The molecule has 2 aromatic carbocycles. The SMILES string of the molecule is CCc1c(F)ccc2cc(O)cc(N3CCc4c(nc(OCC56CCCN5C/C(=C\F)C6)nc4N4CCCC(C)(O)C4)C3)c12. The molecular weight excluding hydrogens is 564 g/mol. The van der Waals surface area contributed by atoms with Crippen molar-refractivity contribution >= 4 is 22.3 Å². The maximum absolute atomic E-state index is 15.0. The third-order valence-electron chi connectivity index (χ3n) is 10.1. The molecule has 3 fully saturated rings. The predicted octanol–water partition coefficient (Wildman–Crippen LogP) is 5.42. The predicted molar refractivity (Wildman–Crippen MR) is 167 cm³/mol. The monoisotopic (exact) mass is 605 g/mol. The molecule has 5 heterocycles. The normalized spacial score (nSPS) is 26.4. The number of benzene rings is 2. The number of aromatic hydroxyl groups is 1. The van der Waals surface area contributed by atoms with Crippen LogP contribution in [-0.2, 0) is 19.4 Å². The Morgan fingerprint density at radius 2 is 1.91 bits per heavy atom. The molecule has 3 aromatic rings. The first-order valence-corrected chi connectivity index (χ1v) is 15.9. The van der Waals surface area contributed by atoms with Crippen molar-refractivity contribution in [2.45, 2.75) is 76.5 Å². The first-order valence-electron chi connectivity index (χ1n) is 15.9. The Bertz CT molecular complexity index is 1630. The van der Waals surface area contributed by atoms with E-state index in [0.29, 0.717) is 57.6 Å². The molecule has 0 bridgehead atoms. The maximum Gasteiger partial charge on any atom is 0.318 e. The van der Waals surface area contributed by atoms with Gasteiger partial charge in [0.1, 0.15) is 24.0 Å². The van der Waals surface area contributed by atoms with Gasteiger partial charge in [-0.1, -0.05) is 13.0 Å². The van der Waals surface area contributed by atoms with Crippen molar-refractivity contribution in [1.29, 1.82) is 0 Å². The van der Waals surface area contributed by atoms with E-state index in [1.807, 2.05) is 13.8 Å². The minimum Gasteiger partial charge on any atom is -0.508 e. The highest BCUT2D eigenvalue weighted by molar-refractivity contribution is 5.98. The largest absolute Gasteiger partial charge is 0.508 e. The van der Waals surface area contributed by atoms with Gasteiger partial charge >= 0.3 is 6.01 Å². The number of phenolic OH excluding ortho intramolecular Hbond substituents is 1. The number of rotatable bonds is 6. The lowest BCUT2D eigenvalue weighted by molar-refractivity contribution is 0.0445. The number of anilines is 2. The Labute approximate surface area is 257 Å². The number of aromatic nitrogens is 2. The third-order valence-corrected chi connectivity index (χ3v) is 10.1. The molecule has 8 nitrogen and oxygen atoms in total. The number of hydrogen-bond donors (Lipinski definition) is 2. The number of aryl methyl sites for hydroxylation is 1. The standard InChI is InChI=1S/C34H41F2N5O3/c1-3-25-27(36)7-6-23-14-24(42)15-29(30(23)25)39-13-8-26-28(19-39)37-32(38-31(26)40-11-4-9-33(2,43)20-40)44-21-34-10-5-12-41(34)18-22(16-34)17-35/h6-7,14-15,17,42-43H,3-5,8-13,16,18-21H2,1-2H3/b22-17-. The smallest absolute Gasteiger partial charge is 0.318 e. The molecular formula is C34H41F2N5O3. The van der Waals surface area contributed by atoms with Gasteiger partial charge in [-0.25, -0.2) is 8.78 Å². The lowest BCUT2D eigenvalue weighted by Crippen LogP contribution is -2.47. The van der Waals surface area contributed by atoms with Gasteiger partial charge in [-0.05, 0) is 87.1 Å². The zero-order chi connectivity index (χ0) is 30.6. The molecule has 0 radical (unpaired) electrons. The van der Waals surface area contributed by atoms with E-state index in [2.05, 4.69) is 14.7 Å². The molecule has 2 unspecified atom stereocenters. The zero-order valence-electron chi connectivity index (χ0n) is 25.6. The molecule has 7 rings (SSSR count). The molecule has 10 heteroatoms. The number of ether oxygens (including phenoxy) is 1. The average molecular weight is 606 g/mol. The van der Waals surface area contributed by atoms with Crippen LogP contribution in [0.1, 0.15) is 62.8 Å². The number of fused-ring (bicyclic) bond motifs is 3. The van der Waals surface area contributed by atoms with Crippen LogP contribution in [0.3, 0.4) is 0 Å². The summed E-state index contributed by atoms with van der Waals surface area (Å²) < 4.78 is 34.9. The van der Waals surface area contributed by atoms with Gasteiger partial charge in [-0.15, -0.1) is 0 Å². The molecule has 2 atom stereocenters. The zero-order valence-corrected chi connectivity index (χ0v) is 25.6. The Morgan fingerprint density at radius 1 is 1.07 bits per heavy atom. The summed E-state index contributed by atoms with van der Waals surface area (Å²) in [4.78, 5) is 16.5. The van der Waals surface area contributed by atoms with Crippen molar-refractivity contribution < 1.29 is 23.7 Å². The van der Waals surface area contributed by atoms with Crippen LogP contribution in [0.2, 0.25) is 0 Å². The topological polar surface area (TPSA) is 85.2 Å². The van der Waals surface area contributed by atoms with Gasteiger partial charge in [0.2, 0.25) is 0 Å². The molecule has 0 aliphatic carbocycles. The van der Waals surface area contributed by atoms with Crippen LogP contribution in [0.25, 0.3) is 10.8 Å². The van der Waals surface area contributed by atoms with E-state index in [1.54, 1.807) is 18.2 Å². The molecule has 4 aliphatic rings. The molecule has 234 valence electrons. The van der Waals surface area contributed by atoms with Crippen molar-refractivity contribution in [1.82, 2.24) is 14.9 Å². The van der Waals surface area contributed by atoms with E-state index in [0.717, 1.165) is 84.2 Å². The van der Waals surface area contributed by atoms with Crippen molar-refractivity contribution in [3.05, 3.63) is 58.8 Å². The number of hydrogen-bond acceptors (Lipinski definition) is 8. The second-order valence-corrected chi connectivity index (χ2v) is 13.4. The molecule has 3 saturated heterocycles. The molecule has 1 aromatic heterocycles. The van der Waals surface area contributed by atoms with Crippen LogP contribution in [0, 0.1) is 5.82 Å². The highest BCUT2D eigenvalue weighted by Crippen LogP contribution is 2.43. The van der Waals surface area contributed by atoms with Gasteiger partial charge < -0.3 is 24.7 Å². The number of piperidine rings is 1. The Morgan fingerprint density at radius 3 is 2.70 bits per heavy atom. The van der Waals surface area contributed by atoms with Crippen LogP contribution in [0.5, 0.6) is 11.8 Å². The molecule has 0 spiro atoms. The summed E-state index contributed by atoms with van der Waals surface area (Å²) in [6, 6.07) is 6.87. The van der Waals surface area contributed by atoms with E-state index >= 15 is 0 Å². The molecule has 0 saturated carbocycles. The first kappa shape index (κ1) is 29.2. The van der Waals surface area contributed by atoms with Crippen molar-refractivity contribution in [2.75, 3.05) is 49.1 Å².